The number of hydrogen-bond donors (Lipinski definition) is 3. The molecule has 0 heterocycles. The van der Waals surface area contributed by atoms with Crippen LogP contribution >= 0.6 is 0 Å². The molecule has 0 unspecified atom stereocenters. The Balaban J connectivity index is 1.35. The quantitative estimate of drug-likeness (QED) is 0.412. The topological polar surface area (TPSA) is 86.6 Å². The van der Waals surface area contributed by atoms with Crippen molar-refractivity contribution in [1.82, 2.24) is 5.32 Å². The molecule has 0 radical (unpaired) electrons. The number of phenols is 1. The lowest BCUT2D eigenvalue weighted by Crippen LogP contribution is -2.17. The van der Waals surface area contributed by atoms with E-state index < -0.39 is 5.97 Å². The summed E-state index contributed by atoms with van der Waals surface area (Å²) in [4.78, 5) is 23.4. The number of carboxylic acids is 1. The molecule has 3 N–H and O–H groups in total. The summed E-state index contributed by atoms with van der Waals surface area (Å²) in [6.07, 6.45) is 9.83. The van der Waals surface area contributed by atoms with Crippen molar-refractivity contribution in [2.24, 2.45) is 5.92 Å². The van der Waals surface area contributed by atoms with Gasteiger partial charge in [0.25, 0.3) is 0 Å². The molecule has 5 nitrogen and oxygen atoms in total. The van der Waals surface area contributed by atoms with Crippen LogP contribution in [0.5, 0.6) is 5.75 Å². The van der Waals surface area contributed by atoms with Crippen LogP contribution in [-0.2, 0) is 11.3 Å². The molecule has 166 valence electrons. The van der Waals surface area contributed by atoms with Crippen molar-refractivity contribution in [1.29, 1.82) is 0 Å². The molecule has 2 aromatic rings. The number of aromatic hydroxyl groups is 1. The Labute approximate surface area is 184 Å². The number of benzene rings is 2. The summed E-state index contributed by atoms with van der Waals surface area (Å²) in [5.74, 6) is -0.544. The third kappa shape index (κ3) is 6.93. The first-order valence-electron chi connectivity index (χ1n) is 11.4. The van der Waals surface area contributed by atoms with Crippen LogP contribution in [0.3, 0.4) is 0 Å². The van der Waals surface area contributed by atoms with Gasteiger partial charge in [0.05, 0.1) is 0 Å². The van der Waals surface area contributed by atoms with E-state index in [1.807, 2.05) is 24.3 Å². The number of unbranched alkanes of at least 4 members (excludes halogenated alkanes) is 2. The minimum Gasteiger partial charge on any atom is -0.507 e. The SMILES string of the molecule is O=C(O)c1cc(-c2ccc(CNCCCCCC(=O)C3CCCCC3)cc2)ccc1O. The van der Waals surface area contributed by atoms with Gasteiger partial charge in [0, 0.05) is 18.9 Å². The van der Waals surface area contributed by atoms with Crippen LogP contribution < -0.4 is 5.32 Å². The van der Waals surface area contributed by atoms with E-state index in [0.717, 1.165) is 68.3 Å². The maximum Gasteiger partial charge on any atom is 0.339 e. The number of aromatic carboxylic acids is 1. The number of rotatable bonds is 11. The second-order valence-corrected chi connectivity index (χ2v) is 8.52. The third-order valence-corrected chi connectivity index (χ3v) is 6.18. The fraction of sp³-hybridized carbons (Fsp3) is 0.462. The summed E-state index contributed by atoms with van der Waals surface area (Å²) in [5, 5.41) is 22.3. The van der Waals surface area contributed by atoms with Crippen LogP contribution in [0.1, 0.15) is 73.7 Å². The van der Waals surface area contributed by atoms with Gasteiger partial charge in [-0.1, -0.05) is 56.0 Å². The zero-order valence-electron chi connectivity index (χ0n) is 18.1. The Bertz CT molecular complexity index is 869. The average molecular weight is 424 g/mol. The lowest BCUT2D eigenvalue weighted by Gasteiger charge is -2.20. The molecule has 0 bridgehead atoms. The first-order valence-corrected chi connectivity index (χ1v) is 11.4. The summed E-state index contributed by atoms with van der Waals surface area (Å²) in [6.45, 7) is 1.70. The number of carboxylic acid groups (broad SMARTS) is 1. The molecule has 5 heteroatoms. The van der Waals surface area contributed by atoms with E-state index in [4.69, 9.17) is 5.11 Å². The monoisotopic (exact) mass is 423 g/mol. The fourth-order valence-corrected chi connectivity index (χ4v) is 4.29. The lowest BCUT2D eigenvalue weighted by atomic mass is 9.84. The molecule has 1 aliphatic carbocycles. The lowest BCUT2D eigenvalue weighted by molar-refractivity contribution is -0.123. The Morgan fingerprint density at radius 1 is 0.903 bits per heavy atom. The highest BCUT2D eigenvalue weighted by atomic mass is 16.4. The van der Waals surface area contributed by atoms with Gasteiger partial charge in [0.15, 0.2) is 0 Å². The third-order valence-electron chi connectivity index (χ3n) is 6.18. The Morgan fingerprint density at radius 2 is 1.61 bits per heavy atom. The summed E-state index contributed by atoms with van der Waals surface area (Å²) < 4.78 is 0. The normalized spacial score (nSPS) is 14.5. The number of hydrogen-bond acceptors (Lipinski definition) is 4. The van der Waals surface area contributed by atoms with E-state index in [1.165, 1.54) is 31.4 Å². The molecule has 0 amide bonds. The fourth-order valence-electron chi connectivity index (χ4n) is 4.29. The highest BCUT2D eigenvalue weighted by Gasteiger charge is 2.20. The van der Waals surface area contributed by atoms with Gasteiger partial charge >= 0.3 is 5.97 Å². The highest BCUT2D eigenvalue weighted by molar-refractivity contribution is 5.92. The maximum absolute atomic E-state index is 12.2. The van der Waals surface area contributed by atoms with E-state index in [9.17, 15) is 14.7 Å². The van der Waals surface area contributed by atoms with Crippen molar-refractivity contribution in [3.8, 4) is 16.9 Å². The van der Waals surface area contributed by atoms with Gasteiger partial charge in [0.2, 0.25) is 0 Å². The first-order chi connectivity index (χ1) is 15.0. The molecule has 2 aromatic carbocycles. The van der Waals surface area contributed by atoms with Crippen molar-refractivity contribution >= 4 is 11.8 Å². The number of ketones is 1. The second kappa shape index (κ2) is 11.7. The molecule has 0 saturated heterocycles. The van der Waals surface area contributed by atoms with Crippen LogP contribution in [0.4, 0.5) is 0 Å². The molecule has 1 aliphatic rings. The van der Waals surface area contributed by atoms with Gasteiger partial charge in [-0.2, -0.15) is 0 Å². The summed E-state index contributed by atoms with van der Waals surface area (Å²) >= 11 is 0. The molecule has 0 aliphatic heterocycles. The van der Waals surface area contributed by atoms with Gasteiger partial charge in [-0.15, -0.1) is 0 Å². The van der Waals surface area contributed by atoms with E-state index >= 15 is 0 Å². The predicted octanol–water partition coefficient (Wildman–Crippen LogP) is 5.56. The smallest absolute Gasteiger partial charge is 0.339 e. The van der Waals surface area contributed by atoms with Crippen LogP contribution in [-0.4, -0.2) is 28.5 Å². The molecular weight excluding hydrogens is 390 g/mol. The van der Waals surface area contributed by atoms with Gasteiger partial charge < -0.3 is 15.5 Å². The van der Waals surface area contributed by atoms with E-state index in [1.54, 1.807) is 6.07 Å². The van der Waals surface area contributed by atoms with Crippen molar-refractivity contribution in [3.63, 3.8) is 0 Å². The molecule has 1 saturated carbocycles. The van der Waals surface area contributed by atoms with Gasteiger partial charge in [-0.3, -0.25) is 4.79 Å². The standard InChI is InChI=1S/C26H33NO4/c28-24(21-7-3-1-4-8-21)9-5-2-6-16-27-18-19-10-12-20(13-11-19)22-14-15-25(29)23(17-22)26(30)31/h10-15,17,21,27,29H,1-9,16,18H2,(H,30,31). The van der Waals surface area contributed by atoms with Crippen LogP contribution in [0.2, 0.25) is 0 Å². The summed E-state index contributed by atoms with van der Waals surface area (Å²) in [7, 11) is 0. The molecule has 0 atom stereocenters. The molecule has 0 spiro atoms. The van der Waals surface area contributed by atoms with Crippen molar-refractivity contribution in [3.05, 3.63) is 53.6 Å². The summed E-state index contributed by atoms with van der Waals surface area (Å²) in [6, 6.07) is 12.6. The molecule has 31 heavy (non-hydrogen) atoms. The molecule has 3 rings (SSSR count). The van der Waals surface area contributed by atoms with E-state index in [0.29, 0.717) is 11.7 Å². The van der Waals surface area contributed by atoms with Crippen molar-refractivity contribution in [2.45, 2.75) is 64.3 Å². The van der Waals surface area contributed by atoms with E-state index in [2.05, 4.69) is 5.32 Å². The highest BCUT2D eigenvalue weighted by Crippen LogP contribution is 2.27. The van der Waals surface area contributed by atoms with Gasteiger partial charge in [0.1, 0.15) is 17.1 Å². The average Bonchev–Trinajstić information content (AvgIpc) is 2.79. The largest absolute Gasteiger partial charge is 0.507 e. The Hall–Kier alpha value is -2.66. The minimum atomic E-state index is -1.14. The Morgan fingerprint density at radius 3 is 2.32 bits per heavy atom. The number of carbonyl (C=O) groups excluding carboxylic acids is 1. The Kier molecular flexibility index (Phi) is 8.65. The number of Topliss-reactive ketones (excluding diaryl/α,β-unsaturated/α-hetero) is 1. The van der Waals surface area contributed by atoms with Gasteiger partial charge in [-0.25, -0.2) is 4.79 Å². The zero-order valence-corrected chi connectivity index (χ0v) is 18.1. The van der Waals surface area contributed by atoms with E-state index in [-0.39, 0.29) is 11.3 Å². The van der Waals surface area contributed by atoms with Crippen molar-refractivity contribution in [2.75, 3.05) is 6.54 Å². The predicted molar refractivity (Wildman–Crippen MR) is 122 cm³/mol. The molecule has 0 aromatic heterocycles. The first kappa shape index (κ1) is 23.0. The zero-order chi connectivity index (χ0) is 22.1. The van der Waals surface area contributed by atoms with Crippen molar-refractivity contribution < 1.29 is 19.8 Å². The number of nitrogens with one attached hydrogen (secondary N) is 1. The van der Waals surface area contributed by atoms with Crippen LogP contribution in [0, 0.1) is 5.92 Å². The number of carbonyl (C=O) groups is 2. The van der Waals surface area contributed by atoms with Crippen LogP contribution in [0.25, 0.3) is 11.1 Å². The summed E-state index contributed by atoms with van der Waals surface area (Å²) in [5.41, 5.74) is 2.74. The molecule has 1 fully saturated rings. The van der Waals surface area contributed by atoms with Crippen LogP contribution in [0.15, 0.2) is 42.5 Å². The maximum atomic E-state index is 12.2. The minimum absolute atomic E-state index is 0.0938. The van der Waals surface area contributed by atoms with Gasteiger partial charge in [-0.05, 0) is 61.1 Å². The molecular formula is C26H33NO4. The second-order valence-electron chi connectivity index (χ2n) is 8.52.